The minimum atomic E-state index is -0.383. The maximum Gasteiger partial charge on any atom is 0.314 e. The van der Waals surface area contributed by atoms with E-state index >= 15 is 0 Å². The van der Waals surface area contributed by atoms with E-state index in [1.807, 2.05) is 19.9 Å². The zero-order chi connectivity index (χ0) is 16.6. The van der Waals surface area contributed by atoms with Crippen LogP contribution in [0.2, 0.25) is 0 Å². The molecule has 0 heterocycles. The van der Waals surface area contributed by atoms with Crippen LogP contribution < -0.4 is 10.6 Å². The van der Waals surface area contributed by atoms with Gasteiger partial charge in [0.2, 0.25) is 0 Å². The van der Waals surface area contributed by atoms with E-state index in [-0.39, 0.29) is 23.4 Å². The van der Waals surface area contributed by atoms with E-state index in [9.17, 15) is 14.3 Å². The Morgan fingerprint density at radius 3 is 2.73 bits per heavy atom. The average Bonchev–Trinajstić information content (AvgIpc) is 2.40. The van der Waals surface area contributed by atoms with Crippen LogP contribution in [0.3, 0.4) is 0 Å². The van der Waals surface area contributed by atoms with E-state index in [1.165, 1.54) is 12.1 Å². The van der Waals surface area contributed by atoms with E-state index in [0.29, 0.717) is 19.5 Å². The highest BCUT2D eigenvalue weighted by atomic mass is 19.1. The van der Waals surface area contributed by atoms with Crippen LogP contribution in [0.5, 0.6) is 0 Å². The van der Waals surface area contributed by atoms with Gasteiger partial charge in [-0.1, -0.05) is 26.0 Å². The van der Waals surface area contributed by atoms with Crippen molar-refractivity contribution in [3.8, 4) is 0 Å². The van der Waals surface area contributed by atoms with E-state index in [1.54, 1.807) is 13.0 Å². The van der Waals surface area contributed by atoms with Crippen molar-refractivity contribution >= 4 is 6.03 Å². The molecule has 0 fully saturated rings. The first-order valence-corrected chi connectivity index (χ1v) is 7.73. The first-order chi connectivity index (χ1) is 10.3. The molecule has 4 nitrogen and oxygen atoms in total. The zero-order valence-electron chi connectivity index (χ0n) is 13.7. The summed E-state index contributed by atoms with van der Waals surface area (Å²) in [4.78, 5) is 11.7. The Morgan fingerprint density at radius 1 is 1.36 bits per heavy atom. The molecule has 1 unspecified atom stereocenters. The molecule has 1 aromatic carbocycles. The molecule has 22 heavy (non-hydrogen) atoms. The summed E-state index contributed by atoms with van der Waals surface area (Å²) < 4.78 is 13.0. The Bertz CT molecular complexity index is 475. The van der Waals surface area contributed by atoms with E-state index < -0.39 is 0 Å². The van der Waals surface area contributed by atoms with Gasteiger partial charge in [0.05, 0.1) is 6.10 Å². The van der Waals surface area contributed by atoms with Gasteiger partial charge in [0.1, 0.15) is 5.82 Å². The molecule has 0 aliphatic carbocycles. The highest BCUT2D eigenvalue weighted by Crippen LogP contribution is 2.20. The largest absolute Gasteiger partial charge is 0.393 e. The van der Waals surface area contributed by atoms with Crippen molar-refractivity contribution in [2.24, 2.45) is 5.41 Å². The summed E-state index contributed by atoms with van der Waals surface area (Å²) in [5.74, 6) is -0.233. The standard InChI is InChI=1S/C17H27FN2O2/c1-13(21)11-17(2,3)12-20-16(22)19-9-5-7-14-6-4-8-15(18)10-14/h4,6,8,10,13,21H,5,7,9,11-12H2,1-3H3,(H2,19,20,22). The Kier molecular flexibility index (Phi) is 7.32. The minimum Gasteiger partial charge on any atom is -0.393 e. The number of hydrogen-bond acceptors (Lipinski definition) is 2. The van der Waals surface area contributed by atoms with Crippen molar-refractivity contribution in [3.63, 3.8) is 0 Å². The lowest BCUT2D eigenvalue weighted by molar-refractivity contribution is 0.129. The lowest BCUT2D eigenvalue weighted by atomic mass is 9.87. The van der Waals surface area contributed by atoms with E-state index in [0.717, 1.165) is 18.4 Å². The van der Waals surface area contributed by atoms with Gasteiger partial charge in [0.15, 0.2) is 0 Å². The van der Waals surface area contributed by atoms with Crippen LogP contribution in [0.1, 0.15) is 39.2 Å². The second-order valence-corrected chi connectivity index (χ2v) is 6.56. The van der Waals surface area contributed by atoms with Gasteiger partial charge in [0, 0.05) is 13.1 Å². The smallest absolute Gasteiger partial charge is 0.314 e. The molecule has 5 heteroatoms. The summed E-state index contributed by atoms with van der Waals surface area (Å²) in [6, 6.07) is 6.29. The number of urea groups is 1. The van der Waals surface area contributed by atoms with Gasteiger partial charge in [-0.15, -0.1) is 0 Å². The Balaban J connectivity index is 2.18. The summed E-state index contributed by atoms with van der Waals surface area (Å²) in [6.45, 7) is 6.80. The quantitative estimate of drug-likeness (QED) is 0.647. The van der Waals surface area contributed by atoms with Gasteiger partial charge in [-0.25, -0.2) is 9.18 Å². The lowest BCUT2D eigenvalue weighted by Crippen LogP contribution is -2.41. The highest BCUT2D eigenvalue weighted by molar-refractivity contribution is 5.73. The van der Waals surface area contributed by atoms with Crippen molar-refractivity contribution in [1.29, 1.82) is 0 Å². The van der Waals surface area contributed by atoms with Crippen LogP contribution in [-0.2, 0) is 6.42 Å². The molecule has 1 atom stereocenters. The lowest BCUT2D eigenvalue weighted by Gasteiger charge is -2.26. The molecule has 1 rings (SSSR count). The van der Waals surface area contributed by atoms with Crippen molar-refractivity contribution in [2.75, 3.05) is 13.1 Å². The summed E-state index contributed by atoms with van der Waals surface area (Å²) in [6.07, 6.45) is 1.73. The van der Waals surface area contributed by atoms with Gasteiger partial charge in [-0.3, -0.25) is 0 Å². The molecule has 0 aromatic heterocycles. The number of amides is 2. The maximum atomic E-state index is 13.0. The molecule has 0 spiro atoms. The molecule has 1 aromatic rings. The number of carbonyl (C=O) groups is 1. The normalized spacial score (nSPS) is 12.8. The van der Waals surface area contributed by atoms with Gasteiger partial charge < -0.3 is 15.7 Å². The molecule has 0 aliphatic heterocycles. The summed E-state index contributed by atoms with van der Waals surface area (Å²) in [5.41, 5.74) is 0.785. The van der Waals surface area contributed by atoms with E-state index in [4.69, 9.17) is 0 Å². The predicted molar refractivity (Wildman–Crippen MR) is 86.2 cm³/mol. The highest BCUT2D eigenvalue weighted by Gasteiger charge is 2.20. The van der Waals surface area contributed by atoms with Crippen LogP contribution in [0.4, 0.5) is 9.18 Å². The first kappa shape index (κ1) is 18.4. The topological polar surface area (TPSA) is 61.4 Å². The SMILES string of the molecule is CC(O)CC(C)(C)CNC(=O)NCCCc1cccc(F)c1. The number of aryl methyl sites for hydroxylation is 1. The monoisotopic (exact) mass is 310 g/mol. The Morgan fingerprint density at radius 2 is 2.09 bits per heavy atom. The molecular weight excluding hydrogens is 283 g/mol. The zero-order valence-corrected chi connectivity index (χ0v) is 13.7. The van der Waals surface area contributed by atoms with Crippen molar-refractivity contribution in [3.05, 3.63) is 35.6 Å². The number of benzene rings is 1. The average molecular weight is 310 g/mol. The number of halogens is 1. The maximum absolute atomic E-state index is 13.0. The fraction of sp³-hybridized carbons (Fsp3) is 0.588. The fourth-order valence-corrected chi connectivity index (χ4v) is 2.44. The Hall–Kier alpha value is -1.62. The molecule has 0 bridgehead atoms. The van der Waals surface area contributed by atoms with Crippen molar-refractivity contribution in [2.45, 2.75) is 46.1 Å². The number of aliphatic hydroxyl groups excluding tert-OH is 1. The van der Waals surface area contributed by atoms with E-state index in [2.05, 4.69) is 10.6 Å². The second-order valence-electron chi connectivity index (χ2n) is 6.56. The van der Waals surface area contributed by atoms with Crippen LogP contribution in [0, 0.1) is 11.2 Å². The number of hydrogen-bond donors (Lipinski definition) is 3. The molecule has 124 valence electrons. The van der Waals surface area contributed by atoms with Gasteiger partial charge in [-0.2, -0.15) is 0 Å². The van der Waals surface area contributed by atoms with Gasteiger partial charge in [0.25, 0.3) is 0 Å². The minimum absolute atomic E-state index is 0.146. The molecule has 2 amide bonds. The molecule has 0 radical (unpaired) electrons. The third kappa shape index (κ3) is 7.98. The van der Waals surface area contributed by atoms with Crippen LogP contribution in [0.15, 0.2) is 24.3 Å². The number of aliphatic hydroxyl groups is 1. The predicted octanol–water partition coefficient (Wildman–Crippen LogP) is 2.85. The molecule has 0 saturated heterocycles. The van der Waals surface area contributed by atoms with Gasteiger partial charge in [-0.05, 0) is 49.3 Å². The Labute approximate surface area is 132 Å². The molecule has 3 N–H and O–H groups in total. The number of carbonyl (C=O) groups excluding carboxylic acids is 1. The molecule has 0 aliphatic rings. The van der Waals surface area contributed by atoms with Crippen molar-refractivity contribution < 1.29 is 14.3 Å². The number of nitrogens with one attached hydrogen (secondary N) is 2. The van der Waals surface area contributed by atoms with Crippen molar-refractivity contribution in [1.82, 2.24) is 10.6 Å². The second kappa shape index (κ2) is 8.73. The summed E-state index contributed by atoms with van der Waals surface area (Å²) >= 11 is 0. The van der Waals surface area contributed by atoms with Crippen LogP contribution >= 0.6 is 0 Å². The van der Waals surface area contributed by atoms with Gasteiger partial charge >= 0.3 is 6.03 Å². The van der Waals surface area contributed by atoms with Crippen LogP contribution in [-0.4, -0.2) is 30.3 Å². The molecule has 0 saturated carbocycles. The fourth-order valence-electron chi connectivity index (χ4n) is 2.44. The summed E-state index contributed by atoms with van der Waals surface area (Å²) in [7, 11) is 0. The third-order valence-electron chi connectivity index (χ3n) is 3.39. The summed E-state index contributed by atoms with van der Waals surface area (Å²) in [5, 5.41) is 15.0. The molecular formula is C17H27FN2O2. The number of rotatable bonds is 8. The van der Waals surface area contributed by atoms with Crippen LogP contribution in [0.25, 0.3) is 0 Å². The first-order valence-electron chi connectivity index (χ1n) is 7.73. The third-order valence-corrected chi connectivity index (χ3v) is 3.39.